The standard InChI is InChI=1S/C14H19N3O3/c1-17(10-11-4-8-15-9-5-11)13(20)16-14(12(18)19)6-2-3-7-14/h4-5,8-9H,2-3,6-7,10H2,1H3,(H,16,20)(H,18,19). The Bertz CT molecular complexity index is 484. The molecule has 1 heterocycles. The third-order valence-electron chi connectivity index (χ3n) is 3.73. The van der Waals surface area contributed by atoms with Gasteiger partial charge in [-0.15, -0.1) is 0 Å². The number of urea groups is 1. The molecule has 6 heteroatoms. The molecule has 0 aliphatic heterocycles. The quantitative estimate of drug-likeness (QED) is 0.876. The van der Waals surface area contributed by atoms with Crippen LogP contribution in [0.3, 0.4) is 0 Å². The molecule has 1 aromatic heterocycles. The van der Waals surface area contributed by atoms with Crippen LogP contribution in [0.1, 0.15) is 31.2 Å². The Morgan fingerprint density at radius 1 is 1.35 bits per heavy atom. The van der Waals surface area contributed by atoms with Gasteiger partial charge in [-0.1, -0.05) is 12.8 Å². The number of nitrogens with zero attached hydrogens (tertiary/aromatic N) is 2. The number of amides is 2. The number of nitrogens with one attached hydrogen (secondary N) is 1. The number of carboxylic acid groups (broad SMARTS) is 1. The van der Waals surface area contributed by atoms with Gasteiger partial charge in [0.1, 0.15) is 5.54 Å². The number of carbonyl (C=O) groups is 2. The van der Waals surface area contributed by atoms with Crippen molar-refractivity contribution in [2.45, 2.75) is 37.8 Å². The summed E-state index contributed by atoms with van der Waals surface area (Å²) in [4.78, 5) is 28.9. The summed E-state index contributed by atoms with van der Waals surface area (Å²) in [5.74, 6) is -0.944. The maximum absolute atomic E-state index is 12.1. The zero-order chi connectivity index (χ0) is 14.6. The first-order valence-corrected chi connectivity index (χ1v) is 6.69. The summed E-state index contributed by atoms with van der Waals surface area (Å²) in [6.45, 7) is 0.421. The summed E-state index contributed by atoms with van der Waals surface area (Å²) in [7, 11) is 1.65. The Kier molecular flexibility index (Phi) is 4.22. The van der Waals surface area contributed by atoms with Gasteiger partial charge in [-0.25, -0.2) is 9.59 Å². The molecular weight excluding hydrogens is 258 g/mol. The summed E-state index contributed by atoms with van der Waals surface area (Å²) in [6, 6.07) is 3.30. The van der Waals surface area contributed by atoms with Gasteiger partial charge in [-0.2, -0.15) is 0 Å². The van der Waals surface area contributed by atoms with E-state index in [0.29, 0.717) is 19.4 Å². The van der Waals surface area contributed by atoms with Crippen LogP contribution >= 0.6 is 0 Å². The fraction of sp³-hybridized carbons (Fsp3) is 0.500. The largest absolute Gasteiger partial charge is 0.480 e. The first-order chi connectivity index (χ1) is 9.53. The van der Waals surface area contributed by atoms with Gasteiger partial charge in [-0.3, -0.25) is 4.98 Å². The average Bonchev–Trinajstić information content (AvgIpc) is 2.89. The number of hydrogen-bond donors (Lipinski definition) is 2. The van der Waals surface area contributed by atoms with Crippen LogP contribution in [0.5, 0.6) is 0 Å². The highest BCUT2D eigenvalue weighted by molar-refractivity contribution is 5.86. The van der Waals surface area contributed by atoms with Crippen LogP contribution in [-0.2, 0) is 11.3 Å². The molecular formula is C14H19N3O3. The molecule has 1 aliphatic rings. The van der Waals surface area contributed by atoms with Gasteiger partial charge in [-0.05, 0) is 30.5 Å². The molecule has 1 aromatic rings. The first kappa shape index (κ1) is 14.3. The number of carbonyl (C=O) groups excluding carboxylic acids is 1. The third kappa shape index (κ3) is 3.07. The van der Waals surface area contributed by atoms with Crippen LogP contribution in [0.15, 0.2) is 24.5 Å². The third-order valence-corrected chi connectivity index (χ3v) is 3.73. The van der Waals surface area contributed by atoms with E-state index in [1.54, 1.807) is 19.4 Å². The molecule has 1 saturated carbocycles. The number of rotatable bonds is 4. The lowest BCUT2D eigenvalue weighted by atomic mass is 9.98. The first-order valence-electron chi connectivity index (χ1n) is 6.69. The summed E-state index contributed by atoms with van der Waals surface area (Å²) in [6.07, 6.45) is 5.99. The van der Waals surface area contributed by atoms with Crippen molar-refractivity contribution in [3.63, 3.8) is 0 Å². The van der Waals surface area contributed by atoms with E-state index in [9.17, 15) is 14.7 Å². The Morgan fingerprint density at radius 2 is 1.95 bits per heavy atom. The lowest BCUT2D eigenvalue weighted by Gasteiger charge is -2.28. The number of aliphatic carboxylic acids is 1. The van der Waals surface area contributed by atoms with Crippen LogP contribution in [0.2, 0.25) is 0 Å². The molecule has 2 N–H and O–H groups in total. The highest BCUT2D eigenvalue weighted by Gasteiger charge is 2.43. The minimum atomic E-state index is -1.09. The summed E-state index contributed by atoms with van der Waals surface area (Å²) >= 11 is 0. The average molecular weight is 277 g/mol. The second-order valence-corrected chi connectivity index (χ2v) is 5.24. The van der Waals surface area contributed by atoms with Crippen LogP contribution < -0.4 is 5.32 Å². The monoisotopic (exact) mass is 277 g/mol. The Hall–Kier alpha value is -2.11. The fourth-order valence-electron chi connectivity index (χ4n) is 2.50. The van der Waals surface area contributed by atoms with Crippen molar-refractivity contribution in [2.75, 3.05) is 7.05 Å². The van der Waals surface area contributed by atoms with E-state index in [0.717, 1.165) is 18.4 Å². The van der Waals surface area contributed by atoms with E-state index >= 15 is 0 Å². The summed E-state index contributed by atoms with van der Waals surface area (Å²) in [5, 5.41) is 12.0. The van der Waals surface area contributed by atoms with Gasteiger partial charge in [0, 0.05) is 26.0 Å². The van der Waals surface area contributed by atoms with Gasteiger partial charge in [0.15, 0.2) is 0 Å². The molecule has 1 aliphatic carbocycles. The van der Waals surface area contributed by atoms with Gasteiger partial charge in [0.25, 0.3) is 0 Å². The molecule has 2 rings (SSSR count). The molecule has 0 radical (unpaired) electrons. The molecule has 0 atom stereocenters. The fourth-order valence-corrected chi connectivity index (χ4v) is 2.50. The summed E-state index contributed by atoms with van der Waals surface area (Å²) in [5.41, 5.74) is -0.141. The zero-order valence-corrected chi connectivity index (χ0v) is 11.5. The lowest BCUT2D eigenvalue weighted by Crippen LogP contribution is -2.55. The van der Waals surface area contributed by atoms with Gasteiger partial charge in [0.05, 0.1) is 0 Å². The smallest absolute Gasteiger partial charge is 0.329 e. The number of hydrogen-bond acceptors (Lipinski definition) is 3. The van der Waals surface area contributed by atoms with Crippen LogP contribution in [0.25, 0.3) is 0 Å². The van der Waals surface area contributed by atoms with Gasteiger partial charge >= 0.3 is 12.0 Å². The molecule has 2 amide bonds. The van der Waals surface area contributed by atoms with E-state index < -0.39 is 11.5 Å². The van der Waals surface area contributed by atoms with E-state index in [1.807, 2.05) is 12.1 Å². The second-order valence-electron chi connectivity index (χ2n) is 5.24. The van der Waals surface area contributed by atoms with Crippen molar-refractivity contribution < 1.29 is 14.7 Å². The highest BCUT2D eigenvalue weighted by Crippen LogP contribution is 2.30. The Balaban J connectivity index is 1.98. The van der Waals surface area contributed by atoms with Gasteiger partial charge < -0.3 is 15.3 Å². The van der Waals surface area contributed by atoms with E-state index in [-0.39, 0.29) is 6.03 Å². The van der Waals surface area contributed by atoms with E-state index in [1.165, 1.54) is 4.90 Å². The molecule has 6 nitrogen and oxygen atoms in total. The van der Waals surface area contributed by atoms with Crippen molar-refractivity contribution in [3.8, 4) is 0 Å². The maximum Gasteiger partial charge on any atom is 0.329 e. The van der Waals surface area contributed by atoms with Crippen molar-refractivity contribution in [1.82, 2.24) is 15.2 Å². The van der Waals surface area contributed by atoms with Crippen LogP contribution in [-0.4, -0.2) is 39.6 Å². The van der Waals surface area contributed by atoms with Crippen molar-refractivity contribution in [1.29, 1.82) is 0 Å². The van der Waals surface area contributed by atoms with Crippen LogP contribution in [0.4, 0.5) is 4.79 Å². The highest BCUT2D eigenvalue weighted by atomic mass is 16.4. The van der Waals surface area contributed by atoms with E-state index in [4.69, 9.17) is 0 Å². The molecule has 0 spiro atoms. The molecule has 20 heavy (non-hydrogen) atoms. The van der Waals surface area contributed by atoms with Crippen LogP contribution in [0, 0.1) is 0 Å². The SMILES string of the molecule is CN(Cc1ccncc1)C(=O)NC1(C(=O)O)CCCC1. The predicted molar refractivity (Wildman–Crippen MR) is 73.1 cm³/mol. The summed E-state index contributed by atoms with van der Waals surface area (Å²) < 4.78 is 0. The molecule has 0 bridgehead atoms. The number of carboxylic acids is 1. The number of pyridine rings is 1. The number of aromatic nitrogens is 1. The molecule has 0 saturated heterocycles. The molecule has 0 unspecified atom stereocenters. The lowest BCUT2D eigenvalue weighted by molar-refractivity contribution is -0.144. The second kappa shape index (κ2) is 5.90. The predicted octanol–water partition coefficient (Wildman–Crippen LogP) is 1.62. The van der Waals surface area contributed by atoms with Crippen molar-refractivity contribution in [3.05, 3.63) is 30.1 Å². The van der Waals surface area contributed by atoms with Crippen molar-refractivity contribution >= 4 is 12.0 Å². The molecule has 1 fully saturated rings. The van der Waals surface area contributed by atoms with Gasteiger partial charge in [0.2, 0.25) is 0 Å². The molecule has 108 valence electrons. The topological polar surface area (TPSA) is 82.5 Å². The maximum atomic E-state index is 12.1. The van der Waals surface area contributed by atoms with Crippen molar-refractivity contribution in [2.24, 2.45) is 0 Å². The minimum Gasteiger partial charge on any atom is -0.480 e. The van der Waals surface area contributed by atoms with E-state index in [2.05, 4.69) is 10.3 Å². The Labute approximate surface area is 117 Å². The normalized spacial score (nSPS) is 16.6. The zero-order valence-electron chi connectivity index (χ0n) is 11.5. The minimum absolute atomic E-state index is 0.355. The Morgan fingerprint density at radius 3 is 2.50 bits per heavy atom. The molecule has 0 aromatic carbocycles.